The van der Waals surface area contributed by atoms with Crippen molar-refractivity contribution in [2.45, 2.75) is 13.8 Å². The molecule has 0 unspecified atom stereocenters. The molecule has 126 heavy (non-hydrogen) atoms. The van der Waals surface area contributed by atoms with Crippen molar-refractivity contribution in [2.24, 2.45) is 0 Å². The Morgan fingerprint density at radius 2 is 0.190 bits per heavy atom. The van der Waals surface area contributed by atoms with E-state index in [1.807, 2.05) is 291 Å². The molecular formula is C100H92Ag4N4O10P8. The van der Waals surface area contributed by atoms with Crippen molar-refractivity contribution in [1.29, 1.82) is 0 Å². The molecule has 16 rings (SSSR count). The quantitative estimate of drug-likeness (QED) is 0.0429. The van der Waals surface area contributed by atoms with Crippen LogP contribution in [0, 0.1) is 0 Å². The van der Waals surface area contributed by atoms with E-state index < -0.39 is 58.3 Å². The van der Waals surface area contributed by atoms with Gasteiger partial charge in [-0.1, -0.05) is 485 Å². The van der Waals surface area contributed by atoms with Gasteiger partial charge in [-0.25, -0.2) is 0 Å². The number of aliphatic hydroxyl groups is 2. The van der Waals surface area contributed by atoms with E-state index in [2.05, 4.69) is 0 Å². The zero-order chi connectivity index (χ0) is 86.0. The van der Waals surface area contributed by atoms with Crippen LogP contribution in [0.25, 0.3) is 19.4 Å². The molecule has 14 nitrogen and oxygen atoms in total. The molecule has 0 heterocycles. The van der Waals surface area contributed by atoms with Gasteiger partial charge in [-0.15, -0.1) is 0 Å². The van der Waals surface area contributed by atoms with Gasteiger partial charge in [-0.05, 0) is 98.7 Å². The van der Waals surface area contributed by atoms with Crippen molar-refractivity contribution in [3.63, 3.8) is 0 Å². The number of rotatable bonds is 24. The van der Waals surface area contributed by atoms with E-state index >= 15 is 0 Å². The first-order valence-electron chi connectivity index (χ1n) is 39.3. The second kappa shape index (κ2) is 52.1. The van der Waals surface area contributed by atoms with Gasteiger partial charge in [0.1, 0.15) is 0 Å². The zero-order valence-corrected chi connectivity index (χ0v) is 81.4. The Bertz CT molecular complexity index is 4770. The van der Waals surface area contributed by atoms with Gasteiger partial charge in [0, 0.05) is 13.2 Å². The van der Waals surface area contributed by atoms with E-state index in [0.29, 0.717) is 84.9 Å². The molecule has 16 aromatic rings. The molecule has 0 saturated carbocycles. The molecule has 0 saturated heterocycles. The Hall–Kier alpha value is -7.92. The third kappa shape index (κ3) is 26.7. The van der Waals surface area contributed by atoms with Crippen LogP contribution in [-0.2, 0) is 126 Å². The number of benzene rings is 16. The van der Waals surface area contributed by atoms with Crippen LogP contribution in [0.2, 0.25) is 0 Å². The maximum atomic E-state index is 14.4. The monoisotopic (exact) mass is 2180 g/mol. The van der Waals surface area contributed by atoms with Crippen LogP contribution in [0.4, 0.5) is 0 Å². The van der Waals surface area contributed by atoms with Crippen molar-refractivity contribution < 1.29 is 136 Å². The fourth-order valence-corrected chi connectivity index (χ4v) is 36.7. The summed E-state index contributed by atoms with van der Waals surface area (Å²) in [5.41, 5.74) is 0. The number of aliphatic hydroxyl groups excluding tert-OH is 2. The molecular weight excluding hydrogens is 2100 g/mol. The standard InChI is InChI=1S/4C24H20NO2P2.2C2H6O.4Ag/c4*26-28(21-13-5-1-6-14-21,22-15-7-2-8-16-22)25-29(27,23-17-9-3-10-18-23)24-19-11-4-12-20-24;2*1-2-3;;;;/h4*1-20H;2*3H,2H2,1H3;;;;/q4*-1;;;4*+1. The molecule has 0 atom stereocenters. The van der Waals surface area contributed by atoms with Gasteiger partial charge in [0.15, 0.2) is 0 Å². The first kappa shape index (κ1) is 105. The molecule has 0 bridgehead atoms. The van der Waals surface area contributed by atoms with E-state index in [9.17, 15) is 36.5 Å². The number of hydrogen-bond acceptors (Lipinski definition) is 10. The first-order chi connectivity index (χ1) is 59.3. The van der Waals surface area contributed by atoms with Gasteiger partial charge in [-0.3, -0.25) is 0 Å². The summed E-state index contributed by atoms with van der Waals surface area (Å²) in [4.78, 5) is 18.9. The zero-order valence-electron chi connectivity index (χ0n) is 68.3. The molecule has 2 N–H and O–H groups in total. The molecule has 0 aliphatic rings. The van der Waals surface area contributed by atoms with Crippen LogP contribution in [0.3, 0.4) is 0 Å². The smallest absolute Gasteiger partial charge is 0.529 e. The number of nitrogens with zero attached hydrogens (tertiary/aromatic N) is 4. The van der Waals surface area contributed by atoms with Gasteiger partial charge < -0.3 is 66.2 Å². The normalized spacial score (nSPS) is 11.2. The van der Waals surface area contributed by atoms with Crippen LogP contribution in [0.1, 0.15) is 13.8 Å². The minimum atomic E-state index is -3.51. The van der Waals surface area contributed by atoms with Crippen molar-refractivity contribution in [3.8, 4) is 0 Å². The van der Waals surface area contributed by atoms with Crippen LogP contribution >= 0.6 is 58.3 Å². The summed E-state index contributed by atoms with van der Waals surface area (Å²) in [6.45, 7) is 3.86. The van der Waals surface area contributed by atoms with E-state index in [4.69, 9.17) is 29.6 Å². The summed E-state index contributed by atoms with van der Waals surface area (Å²) in [5, 5.41) is 24.2. The van der Waals surface area contributed by atoms with E-state index in [1.54, 1.807) is 208 Å². The molecule has 16 aromatic carbocycles. The van der Waals surface area contributed by atoms with Crippen LogP contribution < -0.4 is 84.9 Å². The molecule has 0 amide bonds. The Kier molecular flexibility index (Phi) is 43.4. The largest absolute Gasteiger partial charge is 1.00 e. The van der Waals surface area contributed by atoms with E-state index in [1.165, 1.54) is 0 Å². The summed E-state index contributed by atoms with van der Waals surface area (Å²) in [6, 6.07) is 146. The van der Waals surface area contributed by atoms with E-state index in [0.717, 1.165) is 0 Å². The summed E-state index contributed by atoms with van der Waals surface area (Å²) in [5.74, 6) is 0. The summed E-state index contributed by atoms with van der Waals surface area (Å²) < 4.78 is 116. The van der Waals surface area contributed by atoms with E-state index in [-0.39, 0.29) is 103 Å². The second-order valence-electron chi connectivity index (χ2n) is 27.0. The Balaban J connectivity index is 0.000000223. The van der Waals surface area contributed by atoms with Gasteiger partial charge in [-0.2, -0.15) is 0 Å². The number of hydrogen-bond donors (Lipinski definition) is 2. The SMILES string of the molecule is CCO.CCO.O=P([N-]P(=O)(c1ccccc1)c1ccccc1)(c1ccccc1)c1ccccc1.O=P([N-]P(=O)(c1ccccc1)c1ccccc1)(c1ccccc1)c1ccccc1.O=P([N-]P(=O)(c1ccccc1)c1ccccc1)(c1ccccc1)c1ccccc1.O=P([N-]P(=O)(c1ccccc1)c1ccccc1)(c1ccccc1)c1ccccc1.[Ag+].[Ag+].[Ag+].[Ag+]. The van der Waals surface area contributed by atoms with Crippen molar-refractivity contribution in [3.05, 3.63) is 505 Å². The molecule has 0 aliphatic carbocycles. The molecule has 0 fully saturated rings. The van der Waals surface area contributed by atoms with Crippen molar-refractivity contribution in [2.75, 3.05) is 13.2 Å². The average molecular weight is 2190 g/mol. The predicted molar refractivity (Wildman–Crippen MR) is 517 cm³/mol. The summed E-state index contributed by atoms with van der Waals surface area (Å²) in [7, 11) is -28.1. The van der Waals surface area contributed by atoms with Crippen LogP contribution in [0.15, 0.2) is 485 Å². The molecule has 656 valence electrons. The van der Waals surface area contributed by atoms with Crippen LogP contribution in [-0.4, -0.2) is 23.4 Å². The fraction of sp³-hybridized carbons (Fsp3) is 0.0400. The molecule has 0 radical (unpaired) electrons. The maximum Gasteiger partial charge on any atom is 1.00 e. The van der Waals surface area contributed by atoms with Gasteiger partial charge in [0.05, 0.1) is 58.3 Å². The minimum Gasteiger partial charge on any atom is -0.529 e. The van der Waals surface area contributed by atoms with Crippen molar-refractivity contribution >= 4 is 143 Å². The summed E-state index contributed by atoms with van der Waals surface area (Å²) >= 11 is 0. The fourth-order valence-electron chi connectivity index (χ4n) is 12.8. The third-order valence-electron chi connectivity index (χ3n) is 18.7. The van der Waals surface area contributed by atoms with Gasteiger partial charge in [0.25, 0.3) is 0 Å². The Morgan fingerprint density at radius 3 is 0.238 bits per heavy atom. The topological polar surface area (TPSA) is 233 Å². The maximum absolute atomic E-state index is 14.4. The second-order valence-corrected chi connectivity index (χ2v) is 47.3. The van der Waals surface area contributed by atoms with Gasteiger partial charge >= 0.3 is 89.5 Å². The van der Waals surface area contributed by atoms with Crippen molar-refractivity contribution in [1.82, 2.24) is 0 Å². The molecule has 0 aliphatic heterocycles. The minimum absolute atomic E-state index is 0. The molecule has 0 spiro atoms. The predicted octanol–water partition coefficient (Wildman–Crippen LogP) is 20.9. The molecule has 26 heteroatoms. The van der Waals surface area contributed by atoms with Gasteiger partial charge in [0.2, 0.25) is 0 Å². The average Bonchev–Trinajstić information content (AvgIpc) is 0.769. The molecule has 0 aromatic heterocycles. The Labute approximate surface area is 803 Å². The summed E-state index contributed by atoms with van der Waals surface area (Å²) in [6.07, 6.45) is 0. The first-order valence-corrected chi connectivity index (χ1v) is 52.5. The Morgan fingerprint density at radius 1 is 0.143 bits per heavy atom. The third-order valence-corrected chi connectivity index (χ3v) is 42.7. The van der Waals surface area contributed by atoms with Crippen LogP contribution in [0.5, 0.6) is 0 Å².